The molecule has 78 heavy (non-hydrogen) atoms. The zero-order valence-corrected chi connectivity index (χ0v) is 50.5. The predicted molar refractivity (Wildman–Crippen MR) is 334 cm³/mol. The van der Waals surface area contributed by atoms with Crippen LogP contribution in [0.25, 0.3) is 0 Å². The molecule has 10 heteroatoms. The van der Waals surface area contributed by atoms with Crippen molar-refractivity contribution in [1.82, 2.24) is 0 Å². The first kappa shape index (κ1) is 73.4. The molecule has 9 nitrogen and oxygen atoms in total. The van der Waals surface area contributed by atoms with Crippen LogP contribution in [0.2, 0.25) is 0 Å². The van der Waals surface area contributed by atoms with Crippen LogP contribution in [0.1, 0.15) is 194 Å². The highest BCUT2D eigenvalue weighted by Crippen LogP contribution is 2.43. The van der Waals surface area contributed by atoms with Gasteiger partial charge in [0.2, 0.25) is 0 Å². The standard InChI is InChI=1S/C68H108NO8P/c1-6-8-10-12-14-16-18-20-22-24-26-28-30-31-32-33-34-35-36-37-39-41-43-45-47-49-51-53-55-57-59-61-68(71)77-66(65-76-78(72,73)75-63-62-69(3,4)5)64-74-67(70)60-58-56-54-52-50-48-46-44-42-40-38-29-27-25-23-21-19-17-15-13-11-9-7-2/h8-11,14-17,20-23,26-29,31-32,34-35,37,39-40,42,46,48,52,54,66H,6-7,12-13,18-19,24-25,30,33,36,38,41,43-45,47,49-51,53,55-65H2,1-5H3/p+1/b10-8-,11-9-,16-14-,17-15-,22-20-,23-21-,28-26-,29-27-,32-31-,35-34-,39-37-,42-40-,48-46-,54-52-. The molecule has 0 aliphatic heterocycles. The van der Waals surface area contributed by atoms with Crippen LogP contribution in [0.4, 0.5) is 0 Å². The van der Waals surface area contributed by atoms with E-state index < -0.39 is 32.5 Å². The number of quaternary nitrogens is 1. The first-order valence-corrected chi connectivity index (χ1v) is 31.4. The van der Waals surface area contributed by atoms with Gasteiger partial charge in [-0.25, -0.2) is 4.57 Å². The second kappa shape index (κ2) is 57.1. The van der Waals surface area contributed by atoms with E-state index in [4.69, 9.17) is 18.5 Å². The molecule has 0 aromatic carbocycles. The number of carbonyl (C=O) groups excluding carboxylic acids is 2. The molecule has 0 aromatic rings. The maximum absolute atomic E-state index is 12.8. The van der Waals surface area contributed by atoms with Crippen molar-refractivity contribution >= 4 is 19.8 Å². The van der Waals surface area contributed by atoms with Crippen molar-refractivity contribution in [1.29, 1.82) is 0 Å². The smallest absolute Gasteiger partial charge is 0.462 e. The molecule has 0 aliphatic carbocycles. The van der Waals surface area contributed by atoms with Crippen LogP contribution in [-0.4, -0.2) is 74.9 Å². The third-order valence-corrected chi connectivity index (χ3v) is 12.7. The summed E-state index contributed by atoms with van der Waals surface area (Å²) < 4.78 is 34.5. The van der Waals surface area contributed by atoms with Gasteiger partial charge >= 0.3 is 19.8 Å². The van der Waals surface area contributed by atoms with Crippen molar-refractivity contribution in [2.45, 2.75) is 200 Å². The zero-order chi connectivity index (χ0) is 57.0. The quantitative estimate of drug-likeness (QED) is 0.0211. The number of phosphoric ester groups is 1. The summed E-state index contributed by atoms with van der Waals surface area (Å²) in [6, 6.07) is 0. The Morgan fingerprint density at radius 2 is 0.705 bits per heavy atom. The number of allylic oxidation sites excluding steroid dienone is 28. The molecule has 0 amide bonds. The Bertz CT molecular complexity index is 1920. The summed E-state index contributed by atoms with van der Waals surface area (Å²) in [6.07, 6.45) is 87.1. The number of phosphoric acid groups is 1. The molecule has 2 atom stereocenters. The highest BCUT2D eigenvalue weighted by atomic mass is 31.2. The van der Waals surface area contributed by atoms with E-state index in [1.54, 1.807) is 0 Å². The fourth-order valence-corrected chi connectivity index (χ4v) is 7.96. The lowest BCUT2D eigenvalue weighted by Crippen LogP contribution is -2.37. The van der Waals surface area contributed by atoms with Crippen molar-refractivity contribution < 1.29 is 42.1 Å². The summed E-state index contributed by atoms with van der Waals surface area (Å²) in [5.74, 6) is -0.890. The highest BCUT2D eigenvalue weighted by molar-refractivity contribution is 7.47. The molecule has 1 N–H and O–H groups in total. The largest absolute Gasteiger partial charge is 0.472 e. The van der Waals surface area contributed by atoms with Gasteiger partial charge in [-0.2, -0.15) is 0 Å². The van der Waals surface area contributed by atoms with Gasteiger partial charge in [0.1, 0.15) is 19.8 Å². The van der Waals surface area contributed by atoms with Gasteiger partial charge in [0, 0.05) is 12.8 Å². The highest BCUT2D eigenvalue weighted by Gasteiger charge is 2.27. The van der Waals surface area contributed by atoms with Crippen molar-refractivity contribution in [2.24, 2.45) is 0 Å². The molecule has 2 unspecified atom stereocenters. The Balaban J connectivity index is 4.30. The molecule has 0 spiro atoms. The number of esters is 2. The number of nitrogens with zero attached hydrogens (tertiary/aromatic N) is 1. The normalized spacial score (nSPS) is 14.5. The van der Waals surface area contributed by atoms with Gasteiger partial charge in [0.15, 0.2) is 6.10 Å². The number of hydrogen-bond donors (Lipinski definition) is 1. The fourth-order valence-electron chi connectivity index (χ4n) is 7.22. The molecular weight excluding hydrogens is 990 g/mol. The number of likely N-dealkylation sites (N-methyl/N-ethyl adjacent to an activating group) is 1. The summed E-state index contributed by atoms with van der Waals surface area (Å²) in [5.41, 5.74) is 0. The van der Waals surface area contributed by atoms with E-state index in [1.165, 1.54) is 32.1 Å². The molecule has 0 aromatic heterocycles. The van der Waals surface area contributed by atoms with Crippen molar-refractivity contribution in [2.75, 3.05) is 47.5 Å². The molecule has 0 bridgehead atoms. The molecule has 0 rings (SSSR count). The number of carbonyl (C=O) groups is 2. The maximum atomic E-state index is 12.8. The lowest BCUT2D eigenvalue weighted by Gasteiger charge is -2.24. The summed E-state index contributed by atoms with van der Waals surface area (Å²) in [4.78, 5) is 35.7. The Labute approximate surface area is 477 Å². The third-order valence-electron chi connectivity index (χ3n) is 11.7. The molecule has 0 fully saturated rings. The zero-order valence-electron chi connectivity index (χ0n) is 49.6. The summed E-state index contributed by atoms with van der Waals surface area (Å²) in [5, 5.41) is 0. The lowest BCUT2D eigenvalue weighted by molar-refractivity contribution is -0.870. The first-order valence-electron chi connectivity index (χ1n) is 29.9. The minimum atomic E-state index is -4.42. The number of rotatable bonds is 52. The van der Waals surface area contributed by atoms with Crippen LogP contribution in [-0.2, 0) is 32.7 Å². The summed E-state index contributed by atoms with van der Waals surface area (Å²) >= 11 is 0. The summed E-state index contributed by atoms with van der Waals surface area (Å²) in [7, 11) is 1.41. The number of ether oxygens (including phenoxy) is 2. The minimum absolute atomic E-state index is 0.0109. The van der Waals surface area contributed by atoms with Crippen molar-refractivity contribution in [3.8, 4) is 0 Å². The van der Waals surface area contributed by atoms with Crippen LogP contribution < -0.4 is 0 Å². The van der Waals surface area contributed by atoms with E-state index in [9.17, 15) is 19.0 Å². The molecular formula is C68H109NO8P+. The third kappa shape index (κ3) is 60.6. The van der Waals surface area contributed by atoms with E-state index in [2.05, 4.69) is 184 Å². The fraction of sp³-hybridized carbons (Fsp3) is 0.559. The Kier molecular flexibility index (Phi) is 53.7. The summed E-state index contributed by atoms with van der Waals surface area (Å²) in [6.45, 7) is 4.10. The molecule has 0 heterocycles. The maximum Gasteiger partial charge on any atom is 0.472 e. The van der Waals surface area contributed by atoms with Crippen LogP contribution >= 0.6 is 7.82 Å². The van der Waals surface area contributed by atoms with Crippen molar-refractivity contribution in [3.63, 3.8) is 0 Å². The SMILES string of the molecule is CC/C=C\C/C=C\C/C=C\C/C=C\C/C=C\C/C=C\C/C=C\CCCCCCCCCCCC(=O)OC(COC(=O)CCC/C=C\C/C=C\C/C=C\C/C=C\C/C=C\C/C=C\C/C=C\CC)COP(=O)(O)OCC[N+](C)(C)C. The Hall–Kier alpha value is -4.63. The minimum Gasteiger partial charge on any atom is -0.462 e. The molecule has 0 saturated heterocycles. The molecule has 0 aliphatic rings. The molecule has 0 saturated carbocycles. The number of unbranched alkanes of at least 4 members (excludes halogenated alkanes) is 10. The lowest BCUT2D eigenvalue weighted by atomic mass is 10.1. The molecule has 0 radical (unpaired) electrons. The molecule has 438 valence electrons. The van der Waals surface area contributed by atoms with Crippen molar-refractivity contribution in [3.05, 3.63) is 170 Å². The average molecular weight is 1100 g/mol. The van der Waals surface area contributed by atoms with E-state index in [-0.39, 0.29) is 26.1 Å². The van der Waals surface area contributed by atoms with E-state index in [0.29, 0.717) is 23.9 Å². The van der Waals surface area contributed by atoms with Gasteiger partial charge < -0.3 is 18.9 Å². The van der Waals surface area contributed by atoms with Crippen LogP contribution in [0, 0.1) is 0 Å². The van der Waals surface area contributed by atoms with E-state index >= 15 is 0 Å². The van der Waals surface area contributed by atoms with Gasteiger partial charge in [-0.3, -0.25) is 18.6 Å². The van der Waals surface area contributed by atoms with Crippen LogP contribution in [0.3, 0.4) is 0 Å². The van der Waals surface area contributed by atoms with Gasteiger partial charge in [-0.05, 0) is 122 Å². The van der Waals surface area contributed by atoms with E-state index in [1.807, 2.05) is 21.1 Å². The van der Waals surface area contributed by atoms with Gasteiger partial charge in [-0.15, -0.1) is 0 Å². The van der Waals surface area contributed by atoms with Gasteiger partial charge in [-0.1, -0.05) is 229 Å². The first-order chi connectivity index (χ1) is 38.0. The average Bonchev–Trinajstić information content (AvgIpc) is 3.40. The van der Waals surface area contributed by atoms with Crippen LogP contribution in [0.5, 0.6) is 0 Å². The van der Waals surface area contributed by atoms with E-state index in [0.717, 1.165) is 122 Å². The van der Waals surface area contributed by atoms with Gasteiger partial charge in [0.05, 0.1) is 27.7 Å². The number of hydrogen-bond acceptors (Lipinski definition) is 7. The second-order valence-corrected chi connectivity index (χ2v) is 21.7. The predicted octanol–water partition coefficient (Wildman–Crippen LogP) is 19.0. The van der Waals surface area contributed by atoms with Gasteiger partial charge in [0.25, 0.3) is 0 Å². The Morgan fingerprint density at radius 1 is 0.397 bits per heavy atom. The Morgan fingerprint density at radius 3 is 1.06 bits per heavy atom. The second-order valence-electron chi connectivity index (χ2n) is 20.3. The topological polar surface area (TPSA) is 108 Å². The van der Waals surface area contributed by atoms with Crippen LogP contribution in [0.15, 0.2) is 170 Å². The monoisotopic (exact) mass is 1100 g/mol.